The highest BCUT2D eigenvalue weighted by atomic mass is 16.5. The molecule has 0 aliphatic heterocycles. The van der Waals surface area contributed by atoms with Gasteiger partial charge < -0.3 is 20.5 Å². The van der Waals surface area contributed by atoms with E-state index in [0.29, 0.717) is 6.42 Å². The Kier molecular flexibility index (Phi) is 7.65. The summed E-state index contributed by atoms with van der Waals surface area (Å²) in [6.45, 7) is 3.92. The number of rotatable bonds is 9. The van der Waals surface area contributed by atoms with E-state index in [1.54, 1.807) is 6.92 Å². The summed E-state index contributed by atoms with van der Waals surface area (Å²) in [5.74, 6) is -1.81. The first-order valence-electron chi connectivity index (χ1n) is 10.7. The van der Waals surface area contributed by atoms with Crippen molar-refractivity contribution in [2.24, 2.45) is 5.92 Å². The van der Waals surface area contributed by atoms with Crippen molar-refractivity contribution in [2.75, 3.05) is 13.2 Å². The largest absolute Gasteiger partial charge is 0.480 e. The minimum Gasteiger partial charge on any atom is -0.480 e. The first-order valence-corrected chi connectivity index (χ1v) is 10.7. The maximum Gasteiger partial charge on any atom is 0.407 e. The van der Waals surface area contributed by atoms with Crippen LogP contribution in [0.25, 0.3) is 11.1 Å². The minimum absolute atomic E-state index is 0.0250. The van der Waals surface area contributed by atoms with Crippen LogP contribution < -0.4 is 10.6 Å². The van der Waals surface area contributed by atoms with Gasteiger partial charge in [0.15, 0.2) is 0 Å². The molecule has 1 aliphatic rings. The molecule has 2 aromatic carbocycles. The normalized spacial score (nSPS) is 14.3. The van der Waals surface area contributed by atoms with Crippen LogP contribution in [0, 0.1) is 5.92 Å². The van der Waals surface area contributed by atoms with Crippen LogP contribution >= 0.6 is 0 Å². The summed E-state index contributed by atoms with van der Waals surface area (Å²) in [4.78, 5) is 35.3. The lowest BCUT2D eigenvalue weighted by atomic mass is 9.98. The number of carboxylic acids is 1. The van der Waals surface area contributed by atoms with Gasteiger partial charge in [0.25, 0.3) is 0 Å². The van der Waals surface area contributed by atoms with Gasteiger partial charge in [0.2, 0.25) is 5.91 Å². The Morgan fingerprint density at radius 1 is 1.06 bits per heavy atom. The number of benzene rings is 2. The average Bonchev–Trinajstić information content (AvgIpc) is 3.12. The van der Waals surface area contributed by atoms with Crippen LogP contribution in [0.15, 0.2) is 60.7 Å². The Labute approximate surface area is 187 Å². The van der Waals surface area contributed by atoms with E-state index >= 15 is 0 Å². The van der Waals surface area contributed by atoms with Gasteiger partial charge in [-0.05, 0) is 28.2 Å². The van der Waals surface area contributed by atoms with E-state index in [2.05, 4.69) is 22.8 Å². The monoisotopic (exact) mass is 436 g/mol. The molecule has 0 aromatic heterocycles. The van der Waals surface area contributed by atoms with Gasteiger partial charge in [-0.3, -0.25) is 4.79 Å². The van der Waals surface area contributed by atoms with E-state index in [9.17, 15) is 19.5 Å². The summed E-state index contributed by atoms with van der Waals surface area (Å²) >= 11 is 0. The number of alkyl carbamates (subject to hydrolysis) is 1. The molecule has 2 atom stereocenters. The Morgan fingerprint density at radius 2 is 1.66 bits per heavy atom. The van der Waals surface area contributed by atoms with Gasteiger partial charge in [0.1, 0.15) is 12.6 Å². The van der Waals surface area contributed by atoms with E-state index in [1.807, 2.05) is 43.3 Å². The number of carbonyl (C=O) groups excluding carboxylic acids is 2. The van der Waals surface area contributed by atoms with Crippen LogP contribution in [0.4, 0.5) is 4.79 Å². The van der Waals surface area contributed by atoms with Crippen LogP contribution in [0.3, 0.4) is 0 Å². The molecule has 0 heterocycles. The molecule has 0 fully saturated rings. The van der Waals surface area contributed by atoms with Crippen molar-refractivity contribution >= 4 is 18.0 Å². The van der Waals surface area contributed by atoms with Crippen molar-refractivity contribution in [1.82, 2.24) is 10.6 Å². The fourth-order valence-electron chi connectivity index (χ4n) is 3.84. The van der Waals surface area contributed by atoms with Gasteiger partial charge in [-0.25, -0.2) is 9.59 Å². The fraction of sp³-hybridized carbons (Fsp3) is 0.320. The molecule has 0 radical (unpaired) electrons. The van der Waals surface area contributed by atoms with Crippen LogP contribution in [-0.2, 0) is 14.3 Å². The number of hydrogen-bond acceptors (Lipinski definition) is 4. The topological polar surface area (TPSA) is 105 Å². The standard InChI is InChI=1S/C25H28N2O5/c1-3-16(2)23(24(29)30)27-22(28)13-8-14-26-25(31)32-15-21-19-11-6-4-9-17(19)18-10-5-7-12-20(18)21/h4-13,16,21,23H,3,14-15H2,1-2H3,(H,26,31)(H,27,28)(H,29,30)/b13-8+/t16?,23-/m0/s1. The molecule has 1 unspecified atom stereocenters. The van der Waals surface area contributed by atoms with Crippen LogP contribution in [0.5, 0.6) is 0 Å². The molecule has 0 bridgehead atoms. The van der Waals surface area contributed by atoms with Gasteiger partial charge in [0, 0.05) is 18.5 Å². The number of carbonyl (C=O) groups is 3. The van der Waals surface area contributed by atoms with E-state index in [-0.39, 0.29) is 25.0 Å². The van der Waals surface area contributed by atoms with Crippen molar-refractivity contribution in [1.29, 1.82) is 0 Å². The summed E-state index contributed by atoms with van der Waals surface area (Å²) in [6.07, 6.45) is 2.71. The van der Waals surface area contributed by atoms with Gasteiger partial charge >= 0.3 is 12.1 Å². The van der Waals surface area contributed by atoms with E-state index in [1.165, 1.54) is 12.2 Å². The number of ether oxygens (including phenoxy) is 1. The van der Waals surface area contributed by atoms with Crippen molar-refractivity contribution in [3.63, 3.8) is 0 Å². The molecule has 168 valence electrons. The molecule has 7 heteroatoms. The first kappa shape index (κ1) is 23.1. The van der Waals surface area contributed by atoms with E-state index < -0.39 is 24.0 Å². The highest BCUT2D eigenvalue weighted by Crippen LogP contribution is 2.44. The molecule has 2 amide bonds. The molecular weight excluding hydrogens is 408 g/mol. The van der Waals surface area contributed by atoms with E-state index in [4.69, 9.17) is 4.74 Å². The number of fused-ring (bicyclic) bond motifs is 3. The highest BCUT2D eigenvalue weighted by molar-refractivity contribution is 5.91. The van der Waals surface area contributed by atoms with Crippen molar-refractivity contribution in [3.05, 3.63) is 71.8 Å². The van der Waals surface area contributed by atoms with Crippen molar-refractivity contribution < 1.29 is 24.2 Å². The van der Waals surface area contributed by atoms with E-state index in [0.717, 1.165) is 22.3 Å². The van der Waals surface area contributed by atoms with Gasteiger partial charge in [0.05, 0.1) is 0 Å². The summed E-state index contributed by atoms with van der Waals surface area (Å²) in [5.41, 5.74) is 4.57. The molecule has 3 N–H and O–H groups in total. The molecule has 0 saturated heterocycles. The molecule has 0 saturated carbocycles. The summed E-state index contributed by atoms with van der Waals surface area (Å²) < 4.78 is 5.43. The smallest absolute Gasteiger partial charge is 0.407 e. The van der Waals surface area contributed by atoms with Gasteiger partial charge in [-0.15, -0.1) is 0 Å². The Bertz CT molecular complexity index is 971. The second-order valence-corrected chi connectivity index (χ2v) is 7.82. The Hall–Kier alpha value is -3.61. The van der Waals surface area contributed by atoms with Gasteiger partial charge in [-0.2, -0.15) is 0 Å². The number of amides is 2. The predicted octanol–water partition coefficient (Wildman–Crippen LogP) is 3.70. The van der Waals surface area contributed by atoms with Crippen LogP contribution in [0.1, 0.15) is 37.3 Å². The molecule has 1 aliphatic carbocycles. The fourth-order valence-corrected chi connectivity index (χ4v) is 3.84. The summed E-state index contributed by atoms with van der Waals surface area (Å²) in [6, 6.07) is 15.2. The Morgan fingerprint density at radius 3 is 2.22 bits per heavy atom. The maximum atomic E-state index is 12.1. The predicted molar refractivity (Wildman–Crippen MR) is 121 cm³/mol. The number of aliphatic carboxylic acids is 1. The molecule has 3 rings (SSSR count). The maximum absolute atomic E-state index is 12.1. The molecule has 0 spiro atoms. The lowest BCUT2D eigenvalue weighted by Crippen LogP contribution is -2.44. The third-order valence-corrected chi connectivity index (χ3v) is 5.75. The zero-order valence-corrected chi connectivity index (χ0v) is 18.2. The highest BCUT2D eigenvalue weighted by Gasteiger charge is 2.29. The van der Waals surface area contributed by atoms with Crippen molar-refractivity contribution in [3.8, 4) is 11.1 Å². The molecular formula is C25H28N2O5. The second kappa shape index (κ2) is 10.6. The number of nitrogens with one attached hydrogen (secondary N) is 2. The Balaban J connectivity index is 1.48. The van der Waals surface area contributed by atoms with Gasteiger partial charge in [-0.1, -0.05) is 74.9 Å². The minimum atomic E-state index is -1.07. The zero-order valence-electron chi connectivity index (χ0n) is 18.2. The first-order chi connectivity index (χ1) is 15.4. The quantitative estimate of drug-likeness (QED) is 0.520. The zero-order chi connectivity index (χ0) is 23.1. The molecule has 32 heavy (non-hydrogen) atoms. The molecule has 2 aromatic rings. The number of carboxylic acid groups (broad SMARTS) is 1. The lowest BCUT2D eigenvalue weighted by molar-refractivity contribution is -0.142. The summed E-state index contributed by atoms with van der Waals surface area (Å²) in [5, 5.41) is 14.3. The second-order valence-electron chi connectivity index (χ2n) is 7.82. The summed E-state index contributed by atoms with van der Waals surface area (Å²) in [7, 11) is 0. The number of hydrogen-bond donors (Lipinski definition) is 3. The third-order valence-electron chi connectivity index (χ3n) is 5.75. The van der Waals surface area contributed by atoms with Crippen LogP contribution in [0.2, 0.25) is 0 Å². The van der Waals surface area contributed by atoms with Crippen LogP contribution in [-0.4, -0.2) is 42.3 Å². The SMILES string of the molecule is CCC(C)[C@H](NC(=O)/C=C/CNC(=O)OCC1c2ccccc2-c2ccccc21)C(=O)O. The van der Waals surface area contributed by atoms with Crippen molar-refractivity contribution in [2.45, 2.75) is 32.2 Å². The lowest BCUT2D eigenvalue weighted by Gasteiger charge is -2.19. The third kappa shape index (κ3) is 5.35. The molecule has 7 nitrogen and oxygen atoms in total. The average molecular weight is 437 g/mol.